The van der Waals surface area contributed by atoms with Gasteiger partial charge in [0.25, 0.3) is 22.3 Å². The first-order valence-electron chi connectivity index (χ1n) is 1.10. The van der Waals surface area contributed by atoms with E-state index in [1.165, 1.54) is 0 Å². The maximum absolute atomic E-state index is 8.67. The molecular formula is H7BrO7S2. The van der Waals surface area contributed by atoms with Gasteiger partial charge in [0.1, 0.15) is 0 Å². The van der Waals surface area contributed by atoms with Gasteiger partial charge in [0.05, 0.1) is 0 Å². The molecule has 0 atom stereocenters. The molecular weight excluding hydrogens is 256 g/mol. The van der Waals surface area contributed by atoms with Crippen molar-refractivity contribution in [2.24, 2.45) is 0 Å². The maximum Gasteiger partial charge on any atom is 0.299 e. The Morgan fingerprint density at radius 2 is 1.20 bits per heavy atom. The molecule has 0 unspecified atom stereocenters. The predicted octanol–water partition coefficient (Wildman–Crippen LogP) is -1.49. The van der Waals surface area contributed by atoms with E-state index < -0.39 is 22.3 Å². The van der Waals surface area contributed by atoms with Crippen molar-refractivity contribution in [3.8, 4) is 0 Å². The molecule has 0 aliphatic heterocycles. The molecule has 0 aromatic carbocycles. The lowest BCUT2D eigenvalue weighted by atomic mass is 15.8. The summed E-state index contributed by atoms with van der Waals surface area (Å²) < 4.78 is 47.0. The minimum absolute atomic E-state index is 0. The molecule has 0 aliphatic carbocycles. The molecule has 0 spiro atoms. The highest BCUT2D eigenvalue weighted by molar-refractivity contribution is 8.93. The minimum Gasteiger partial charge on any atom is -0.412 e. The second-order valence-electron chi connectivity index (χ2n) is 0.469. The first-order valence-corrected chi connectivity index (χ1v) is 3.29. The van der Waals surface area contributed by atoms with Gasteiger partial charge in [0.15, 0.2) is 0 Å². The predicted molar refractivity (Wildman–Crippen MR) is 40.3 cm³/mol. The Balaban J connectivity index is -0.0000000300. The summed E-state index contributed by atoms with van der Waals surface area (Å²) in [6, 6.07) is 0. The summed E-state index contributed by atoms with van der Waals surface area (Å²) in [6.45, 7) is 0. The Kier molecular flexibility index (Phi) is 36.4. The molecule has 0 heterocycles. The SMILES string of the molecule is Br.O.O=S(O)O.O=[SH](=O)O. The van der Waals surface area contributed by atoms with Crippen molar-refractivity contribution in [2.75, 3.05) is 0 Å². The molecule has 0 aromatic rings. The van der Waals surface area contributed by atoms with Crippen LogP contribution < -0.4 is 0 Å². The standard InChI is InChI=1S/BrH.2H2O3S.H2O/c;2*1-4(2)3;/h1H;(H2,1,2,3);4H,(H,1,2,3);1H2. The van der Waals surface area contributed by atoms with Crippen molar-refractivity contribution in [1.29, 1.82) is 0 Å². The van der Waals surface area contributed by atoms with Crippen LogP contribution in [0.4, 0.5) is 0 Å². The van der Waals surface area contributed by atoms with Crippen molar-refractivity contribution in [2.45, 2.75) is 0 Å². The lowest BCUT2D eigenvalue weighted by Gasteiger charge is -1.59. The van der Waals surface area contributed by atoms with Crippen molar-refractivity contribution in [3.05, 3.63) is 0 Å². The van der Waals surface area contributed by atoms with Gasteiger partial charge >= 0.3 is 0 Å². The summed E-state index contributed by atoms with van der Waals surface area (Å²) >= 11 is -2.61. The topological polar surface area (TPSA) is 143 Å². The Labute approximate surface area is 71.4 Å². The quantitative estimate of drug-likeness (QED) is 0.238. The molecule has 0 bridgehead atoms. The van der Waals surface area contributed by atoms with Crippen molar-refractivity contribution in [3.63, 3.8) is 0 Å². The third-order valence-corrected chi connectivity index (χ3v) is 0. The third kappa shape index (κ3) is 2630. The van der Waals surface area contributed by atoms with Crippen LogP contribution in [-0.4, -0.2) is 31.8 Å². The highest BCUT2D eigenvalue weighted by atomic mass is 79.9. The van der Waals surface area contributed by atoms with Crippen LogP contribution in [0.25, 0.3) is 0 Å². The molecule has 10 heavy (non-hydrogen) atoms. The van der Waals surface area contributed by atoms with E-state index >= 15 is 0 Å². The number of rotatable bonds is 0. The molecule has 0 saturated carbocycles. The fraction of sp³-hybridized carbons (Fsp3) is 0. The second-order valence-corrected chi connectivity index (χ2v) is 1.41. The first-order chi connectivity index (χ1) is 3.46. The van der Waals surface area contributed by atoms with Gasteiger partial charge in [-0.15, -0.1) is 17.0 Å². The zero-order valence-electron chi connectivity index (χ0n) is 4.33. The summed E-state index contributed by atoms with van der Waals surface area (Å²) in [4.78, 5) is 0. The van der Waals surface area contributed by atoms with Gasteiger partial charge in [-0.25, -0.2) is 8.42 Å². The summed E-state index contributed by atoms with van der Waals surface area (Å²) in [6.07, 6.45) is 0. The van der Waals surface area contributed by atoms with E-state index in [1.54, 1.807) is 0 Å². The van der Waals surface area contributed by atoms with Gasteiger partial charge in [0, 0.05) is 0 Å². The molecule has 0 amide bonds. The van der Waals surface area contributed by atoms with Crippen LogP contribution in [0.15, 0.2) is 0 Å². The molecule has 7 nitrogen and oxygen atoms in total. The second kappa shape index (κ2) is 16.2. The monoisotopic (exact) mass is 262 g/mol. The van der Waals surface area contributed by atoms with E-state index in [9.17, 15) is 0 Å². The van der Waals surface area contributed by atoms with E-state index in [0.29, 0.717) is 0 Å². The van der Waals surface area contributed by atoms with Gasteiger partial charge in [-0.2, -0.15) is 4.21 Å². The number of thiol groups is 1. The van der Waals surface area contributed by atoms with Crippen LogP contribution in [0.2, 0.25) is 0 Å². The molecule has 0 radical (unpaired) electrons. The molecule has 5 N–H and O–H groups in total. The molecule has 0 aromatic heterocycles. The summed E-state index contributed by atoms with van der Waals surface area (Å²) in [5, 5.41) is 0. The van der Waals surface area contributed by atoms with Gasteiger partial charge in [0.2, 0.25) is 0 Å². The van der Waals surface area contributed by atoms with E-state index in [4.69, 9.17) is 26.3 Å². The summed E-state index contributed by atoms with van der Waals surface area (Å²) in [7, 11) is -3.12. The van der Waals surface area contributed by atoms with E-state index in [1.807, 2.05) is 0 Å². The maximum atomic E-state index is 8.67. The molecule has 68 valence electrons. The van der Waals surface area contributed by atoms with Crippen LogP contribution in [0, 0.1) is 0 Å². The Morgan fingerprint density at radius 3 is 1.20 bits per heavy atom. The van der Waals surface area contributed by atoms with Crippen LogP contribution in [-0.2, 0) is 22.3 Å². The number of hydrogen-bond acceptors (Lipinski definition) is 3. The van der Waals surface area contributed by atoms with Crippen LogP contribution in [0.3, 0.4) is 0 Å². The molecule has 0 fully saturated rings. The first kappa shape index (κ1) is 22.4. The average Bonchev–Trinajstić information content (AvgIpc) is 1.25. The average molecular weight is 263 g/mol. The fourth-order valence-electron chi connectivity index (χ4n) is 0. The Hall–Kier alpha value is 0.420. The number of hydrogen-bond donors (Lipinski definition) is 4. The highest BCUT2D eigenvalue weighted by Crippen LogP contribution is 1.44. The van der Waals surface area contributed by atoms with Crippen LogP contribution >= 0.6 is 17.0 Å². The van der Waals surface area contributed by atoms with Crippen LogP contribution in [0.5, 0.6) is 0 Å². The zero-order valence-corrected chi connectivity index (χ0v) is 7.75. The van der Waals surface area contributed by atoms with E-state index in [0.717, 1.165) is 0 Å². The van der Waals surface area contributed by atoms with Gasteiger partial charge in [-0.3, -0.25) is 13.7 Å². The van der Waals surface area contributed by atoms with E-state index in [2.05, 4.69) is 0 Å². The lowest BCUT2D eigenvalue weighted by Crippen LogP contribution is -1.74. The molecule has 0 saturated heterocycles. The van der Waals surface area contributed by atoms with Crippen LogP contribution in [0.1, 0.15) is 0 Å². The van der Waals surface area contributed by atoms with E-state index in [-0.39, 0.29) is 22.5 Å². The summed E-state index contributed by atoms with van der Waals surface area (Å²) in [5.74, 6) is 0. The fourth-order valence-corrected chi connectivity index (χ4v) is 0. The Morgan fingerprint density at radius 1 is 1.20 bits per heavy atom. The lowest BCUT2D eigenvalue weighted by molar-refractivity contribution is 0.454. The molecule has 0 rings (SSSR count). The largest absolute Gasteiger partial charge is 0.412 e. The Bertz CT molecular complexity index is 114. The molecule has 10 heteroatoms. The smallest absolute Gasteiger partial charge is 0.299 e. The highest BCUT2D eigenvalue weighted by Gasteiger charge is 1.62. The van der Waals surface area contributed by atoms with Crippen molar-refractivity contribution < 1.29 is 31.8 Å². The zero-order chi connectivity index (χ0) is 7.15. The third-order valence-electron chi connectivity index (χ3n) is 0. The molecule has 0 aliphatic rings. The van der Waals surface area contributed by atoms with Crippen molar-refractivity contribution in [1.82, 2.24) is 0 Å². The summed E-state index contributed by atoms with van der Waals surface area (Å²) in [5.41, 5.74) is 0. The number of halogens is 1. The normalized spacial score (nSPS) is 6.90. The van der Waals surface area contributed by atoms with Crippen molar-refractivity contribution >= 4 is 39.3 Å². The van der Waals surface area contributed by atoms with Gasteiger partial charge in [-0.1, -0.05) is 0 Å². The van der Waals surface area contributed by atoms with Gasteiger partial charge in [-0.05, 0) is 0 Å². The minimum atomic E-state index is -3.12. The van der Waals surface area contributed by atoms with Gasteiger partial charge < -0.3 is 5.48 Å².